The van der Waals surface area contributed by atoms with Gasteiger partial charge in [0.05, 0.1) is 6.61 Å². The highest BCUT2D eigenvalue weighted by atomic mass is 19.1. The fraction of sp³-hybridized carbons (Fsp3) is 0.500. The van der Waals surface area contributed by atoms with Crippen LogP contribution in [0.15, 0.2) is 18.2 Å². The smallest absolute Gasteiger partial charge is 0.165 e. The molecule has 0 spiro atoms. The Hall–Kier alpha value is -1.13. The maximum absolute atomic E-state index is 13.6. The van der Waals surface area contributed by atoms with Crippen LogP contribution in [0.2, 0.25) is 0 Å². The highest BCUT2D eigenvalue weighted by Crippen LogP contribution is 2.22. The molecular weight excluding hydrogens is 209 g/mol. The summed E-state index contributed by atoms with van der Waals surface area (Å²) in [7, 11) is 1.58. The second kappa shape index (κ2) is 5.82. The summed E-state index contributed by atoms with van der Waals surface area (Å²) in [5.74, 6) is -0.160. The Morgan fingerprint density at radius 2 is 2.06 bits per heavy atom. The molecule has 16 heavy (non-hydrogen) atoms. The number of hydrogen-bond acceptors (Lipinski definition) is 3. The topological polar surface area (TPSA) is 44.5 Å². The Labute approximate surface area is 95.4 Å². The minimum absolute atomic E-state index is 0.180. The largest absolute Gasteiger partial charge is 0.485 e. The molecule has 0 aromatic heterocycles. The number of benzene rings is 1. The molecule has 1 aromatic carbocycles. The van der Waals surface area contributed by atoms with Crippen LogP contribution in [0.3, 0.4) is 0 Å². The highest BCUT2D eigenvalue weighted by Gasteiger charge is 2.10. The minimum atomic E-state index is -0.391. The van der Waals surface area contributed by atoms with Crippen LogP contribution < -0.4 is 10.5 Å². The lowest BCUT2D eigenvalue weighted by atomic mass is 10.1. The number of halogens is 1. The monoisotopic (exact) mass is 227 g/mol. The van der Waals surface area contributed by atoms with Gasteiger partial charge >= 0.3 is 0 Å². The van der Waals surface area contributed by atoms with Gasteiger partial charge in [-0.3, -0.25) is 0 Å². The van der Waals surface area contributed by atoms with Gasteiger partial charge in [-0.25, -0.2) is 4.39 Å². The first kappa shape index (κ1) is 12.9. The van der Waals surface area contributed by atoms with Gasteiger partial charge in [0.1, 0.15) is 6.10 Å². The molecule has 1 rings (SSSR count). The molecule has 3 nitrogen and oxygen atoms in total. The zero-order valence-corrected chi connectivity index (χ0v) is 9.87. The van der Waals surface area contributed by atoms with E-state index in [0.29, 0.717) is 6.61 Å². The van der Waals surface area contributed by atoms with Crippen molar-refractivity contribution in [3.8, 4) is 5.75 Å². The standard InChI is InChI=1S/C12H18FNO2/c1-8(7-15-3)16-12-5-4-10(9(2)14)6-11(12)13/h4-6,8-9H,7,14H2,1-3H3/t8?,9-/m1/s1. The number of rotatable bonds is 5. The Morgan fingerprint density at radius 1 is 1.38 bits per heavy atom. The van der Waals surface area contributed by atoms with Gasteiger partial charge in [0.15, 0.2) is 11.6 Å². The van der Waals surface area contributed by atoms with Gasteiger partial charge in [0, 0.05) is 13.2 Å². The number of methoxy groups -OCH3 is 1. The van der Waals surface area contributed by atoms with Crippen molar-refractivity contribution in [1.29, 1.82) is 0 Å². The molecule has 0 aliphatic carbocycles. The van der Waals surface area contributed by atoms with E-state index in [1.165, 1.54) is 6.07 Å². The van der Waals surface area contributed by atoms with Gasteiger partial charge in [-0.15, -0.1) is 0 Å². The van der Waals surface area contributed by atoms with Crippen molar-refractivity contribution in [2.45, 2.75) is 26.0 Å². The number of hydrogen-bond donors (Lipinski definition) is 1. The van der Waals surface area contributed by atoms with E-state index in [2.05, 4.69) is 0 Å². The second-order valence-electron chi connectivity index (χ2n) is 3.86. The summed E-state index contributed by atoms with van der Waals surface area (Å²) in [6.07, 6.45) is -0.180. The molecule has 1 aromatic rings. The van der Waals surface area contributed by atoms with Crippen molar-refractivity contribution in [3.63, 3.8) is 0 Å². The third-order valence-corrected chi connectivity index (χ3v) is 2.21. The zero-order valence-electron chi connectivity index (χ0n) is 9.87. The lowest BCUT2D eigenvalue weighted by molar-refractivity contribution is 0.0892. The lowest BCUT2D eigenvalue weighted by Crippen LogP contribution is -2.18. The van der Waals surface area contributed by atoms with E-state index < -0.39 is 5.82 Å². The molecule has 0 amide bonds. The van der Waals surface area contributed by atoms with Crippen molar-refractivity contribution in [2.75, 3.05) is 13.7 Å². The maximum Gasteiger partial charge on any atom is 0.165 e. The van der Waals surface area contributed by atoms with Crippen molar-refractivity contribution in [2.24, 2.45) is 5.73 Å². The fourth-order valence-electron chi connectivity index (χ4n) is 1.38. The second-order valence-corrected chi connectivity index (χ2v) is 3.86. The van der Waals surface area contributed by atoms with Gasteiger partial charge in [0.2, 0.25) is 0 Å². The number of nitrogens with two attached hydrogens (primary N) is 1. The molecule has 0 fully saturated rings. The molecule has 1 unspecified atom stereocenters. The molecule has 0 bridgehead atoms. The minimum Gasteiger partial charge on any atom is -0.485 e. The summed E-state index contributed by atoms with van der Waals surface area (Å²) in [5.41, 5.74) is 6.41. The van der Waals surface area contributed by atoms with Crippen molar-refractivity contribution < 1.29 is 13.9 Å². The van der Waals surface area contributed by atoms with Gasteiger partial charge in [-0.1, -0.05) is 6.07 Å². The first-order valence-corrected chi connectivity index (χ1v) is 5.25. The van der Waals surface area contributed by atoms with Crippen molar-refractivity contribution >= 4 is 0 Å². The van der Waals surface area contributed by atoms with E-state index in [-0.39, 0.29) is 17.9 Å². The predicted molar refractivity (Wildman–Crippen MR) is 61.0 cm³/mol. The van der Waals surface area contributed by atoms with Crippen LogP contribution >= 0.6 is 0 Å². The molecular formula is C12H18FNO2. The summed E-state index contributed by atoms with van der Waals surface area (Å²) in [6.45, 7) is 4.06. The molecule has 0 saturated carbocycles. The van der Waals surface area contributed by atoms with Crippen LogP contribution in [0.25, 0.3) is 0 Å². The first-order chi connectivity index (χ1) is 7.54. The van der Waals surface area contributed by atoms with Crippen LogP contribution in [0.4, 0.5) is 4.39 Å². The molecule has 2 N–H and O–H groups in total. The quantitative estimate of drug-likeness (QED) is 0.839. The van der Waals surface area contributed by atoms with Gasteiger partial charge in [-0.05, 0) is 31.5 Å². The summed E-state index contributed by atoms with van der Waals surface area (Å²) in [5, 5.41) is 0. The first-order valence-electron chi connectivity index (χ1n) is 5.25. The van der Waals surface area contributed by atoms with Crippen LogP contribution in [0.5, 0.6) is 5.75 Å². The molecule has 4 heteroatoms. The molecule has 0 aliphatic heterocycles. The molecule has 0 radical (unpaired) electrons. The zero-order chi connectivity index (χ0) is 12.1. The predicted octanol–water partition coefficient (Wildman–Crippen LogP) is 2.26. The van der Waals surface area contributed by atoms with Crippen molar-refractivity contribution in [3.05, 3.63) is 29.6 Å². The normalized spacial score (nSPS) is 14.6. The Morgan fingerprint density at radius 3 is 2.56 bits per heavy atom. The van der Waals surface area contributed by atoms with E-state index >= 15 is 0 Å². The van der Waals surface area contributed by atoms with Crippen LogP contribution in [-0.4, -0.2) is 19.8 Å². The van der Waals surface area contributed by atoms with Crippen LogP contribution in [0, 0.1) is 5.82 Å². The average molecular weight is 227 g/mol. The third kappa shape index (κ3) is 3.47. The number of ether oxygens (including phenoxy) is 2. The lowest BCUT2D eigenvalue weighted by Gasteiger charge is -2.15. The van der Waals surface area contributed by atoms with Crippen molar-refractivity contribution in [1.82, 2.24) is 0 Å². The summed E-state index contributed by atoms with van der Waals surface area (Å²) >= 11 is 0. The van der Waals surface area contributed by atoms with E-state index in [9.17, 15) is 4.39 Å². The molecule has 0 aliphatic rings. The van der Waals surface area contributed by atoms with Crippen LogP contribution in [0.1, 0.15) is 25.5 Å². The Bertz CT molecular complexity index is 342. The fourth-order valence-corrected chi connectivity index (χ4v) is 1.38. The SMILES string of the molecule is COCC(C)Oc1ccc([C@@H](C)N)cc1F. The molecule has 2 atom stereocenters. The van der Waals surface area contributed by atoms with E-state index in [1.807, 2.05) is 13.8 Å². The summed E-state index contributed by atoms with van der Waals surface area (Å²) in [4.78, 5) is 0. The van der Waals surface area contributed by atoms with E-state index in [4.69, 9.17) is 15.2 Å². The third-order valence-electron chi connectivity index (χ3n) is 2.21. The molecule has 0 saturated heterocycles. The average Bonchev–Trinajstić information content (AvgIpc) is 2.21. The molecule has 90 valence electrons. The van der Waals surface area contributed by atoms with Gasteiger partial charge in [0.25, 0.3) is 0 Å². The Balaban J connectivity index is 2.75. The summed E-state index contributed by atoms with van der Waals surface area (Å²) in [6, 6.07) is 4.59. The van der Waals surface area contributed by atoms with E-state index in [0.717, 1.165) is 5.56 Å². The Kier molecular flexibility index (Phi) is 4.71. The van der Waals surface area contributed by atoms with Crippen LogP contribution in [-0.2, 0) is 4.74 Å². The highest BCUT2D eigenvalue weighted by molar-refractivity contribution is 5.30. The van der Waals surface area contributed by atoms with Gasteiger partial charge in [-0.2, -0.15) is 0 Å². The molecule has 0 heterocycles. The summed E-state index contributed by atoms with van der Waals surface area (Å²) < 4.78 is 23.9. The van der Waals surface area contributed by atoms with E-state index in [1.54, 1.807) is 19.2 Å². The maximum atomic E-state index is 13.6. The van der Waals surface area contributed by atoms with Gasteiger partial charge < -0.3 is 15.2 Å².